The van der Waals surface area contributed by atoms with Gasteiger partial charge in [-0.2, -0.15) is 0 Å². The third-order valence-corrected chi connectivity index (χ3v) is 3.31. The predicted octanol–water partition coefficient (Wildman–Crippen LogP) is 1.72. The van der Waals surface area contributed by atoms with E-state index in [1.807, 2.05) is 13.0 Å². The highest BCUT2D eigenvalue weighted by molar-refractivity contribution is 5.82. The number of hydroxylamine groups is 1. The van der Waals surface area contributed by atoms with Crippen LogP contribution >= 0.6 is 0 Å². The topological polar surface area (TPSA) is 77.8 Å². The minimum absolute atomic E-state index is 0.154. The van der Waals surface area contributed by atoms with E-state index in [1.165, 1.54) is 7.11 Å². The van der Waals surface area contributed by atoms with Crippen LogP contribution in [-0.4, -0.2) is 20.1 Å². The van der Waals surface area contributed by atoms with E-state index in [0.29, 0.717) is 23.3 Å². The molecule has 2 rings (SSSR count). The van der Waals surface area contributed by atoms with Gasteiger partial charge in [-0.15, -0.1) is 0 Å². The number of aryl methyl sites for hydroxylation is 1. The van der Waals surface area contributed by atoms with Crippen LogP contribution in [0.1, 0.15) is 17.5 Å². The first-order valence-corrected chi connectivity index (χ1v) is 6.49. The van der Waals surface area contributed by atoms with Crippen molar-refractivity contribution in [3.05, 3.63) is 39.7 Å². The van der Waals surface area contributed by atoms with Crippen LogP contribution in [-0.2, 0) is 16.1 Å². The summed E-state index contributed by atoms with van der Waals surface area (Å²) in [5, 5.41) is 0.831. The van der Waals surface area contributed by atoms with Crippen LogP contribution in [0.2, 0.25) is 0 Å². The normalized spacial score (nSPS) is 10.6. The summed E-state index contributed by atoms with van der Waals surface area (Å²) >= 11 is 0. The van der Waals surface area contributed by atoms with Crippen molar-refractivity contribution in [2.45, 2.75) is 19.8 Å². The average Bonchev–Trinajstić information content (AvgIpc) is 2.46. The Hall–Kier alpha value is -2.34. The Balaban J connectivity index is 2.37. The number of nitrogens with one attached hydrogen (secondary N) is 1. The highest BCUT2D eigenvalue weighted by Crippen LogP contribution is 2.24. The lowest BCUT2D eigenvalue weighted by molar-refractivity contribution is -0.131. The Morgan fingerprint density at radius 3 is 2.76 bits per heavy atom. The second-order valence-corrected chi connectivity index (χ2v) is 4.58. The molecule has 0 unspecified atom stereocenters. The molecule has 1 aromatic heterocycles. The van der Waals surface area contributed by atoms with Crippen molar-refractivity contribution >= 4 is 16.9 Å². The molecule has 0 saturated carbocycles. The highest BCUT2D eigenvalue weighted by atomic mass is 16.6. The van der Waals surface area contributed by atoms with Crippen molar-refractivity contribution in [1.82, 2.24) is 5.48 Å². The number of hydrogen-bond acceptors (Lipinski definition) is 5. The van der Waals surface area contributed by atoms with Crippen LogP contribution in [0.15, 0.2) is 27.4 Å². The third-order valence-electron chi connectivity index (χ3n) is 3.31. The van der Waals surface area contributed by atoms with Gasteiger partial charge < -0.3 is 9.15 Å². The number of amides is 1. The van der Waals surface area contributed by atoms with Crippen molar-refractivity contribution in [3.8, 4) is 5.75 Å². The Morgan fingerprint density at radius 1 is 1.33 bits per heavy atom. The van der Waals surface area contributed by atoms with Crippen LogP contribution in [0.25, 0.3) is 11.0 Å². The number of ether oxygens (including phenoxy) is 1. The fourth-order valence-corrected chi connectivity index (χ4v) is 2.19. The second kappa shape index (κ2) is 6.41. The van der Waals surface area contributed by atoms with Gasteiger partial charge in [0.25, 0.3) is 0 Å². The number of carbonyl (C=O) groups is 1. The van der Waals surface area contributed by atoms with Gasteiger partial charge in [0, 0.05) is 23.4 Å². The van der Waals surface area contributed by atoms with Crippen LogP contribution in [0.3, 0.4) is 0 Å². The fourth-order valence-electron chi connectivity index (χ4n) is 2.19. The zero-order valence-corrected chi connectivity index (χ0v) is 12.2. The first-order chi connectivity index (χ1) is 10.1. The third kappa shape index (κ3) is 3.22. The van der Waals surface area contributed by atoms with Gasteiger partial charge in [-0.25, -0.2) is 10.3 Å². The summed E-state index contributed by atoms with van der Waals surface area (Å²) < 4.78 is 10.4. The Morgan fingerprint density at radius 2 is 2.10 bits per heavy atom. The molecule has 1 heterocycles. The highest BCUT2D eigenvalue weighted by Gasteiger charge is 2.13. The second-order valence-electron chi connectivity index (χ2n) is 4.58. The molecule has 1 amide bonds. The summed E-state index contributed by atoms with van der Waals surface area (Å²) in [4.78, 5) is 28.0. The standard InChI is InChI=1S/C15H17NO5/c1-9-11-5-4-10(19-2)8-13(11)21-15(18)12(9)6-7-14(17)16-20-3/h4-5,8H,6-7H2,1-3H3,(H,16,17). The molecule has 6 nitrogen and oxygen atoms in total. The van der Waals surface area contributed by atoms with Gasteiger partial charge in [0.1, 0.15) is 11.3 Å². The predicted molar refractivity (Wildman–Crippen MR) is 77.2 cm³/mol. The fraction of sp³-hybridized carbons (Fsp3) is 0.333. The lowest BCUT2D eigenvalue weighted by Gasteiger charge is -2.08. The molecule has 0 aliphatic heterocycles. The van der Waals surface area contributed by atoms with Crippen molar-refractivity contribution in [2.75, 3.05) is 14.2 Å². The Kier molecular flexibility index (Phi) is 4.59. The molecule has 2 aromatic rings. The van der Waals surface area contributed by atoms with Crippen molar-refractivity contribution in [3.63, 3.8) is 0 Å². The summed E-state index contributed by atoms with van der Waals surface area (Å²) in [5.41, 5.74) is 3.57. The lowest BCUT2D eigenvalue weighted by Crippen LogP contribution is -2.23. The van der Waals surface area contributed by atoms with Crippen molar-refractivity contribution < 1.29 is 18.8 Å². The molecule has 6 heteroatoms. The van der Waals surface area contributed by atoms with E-state index < -0.39 is 5.63 Å². The van der Waals surface area contributed by atoms with Gasteiger partial charge in [0.15, 0.2) is 0 Å². The number of rotatable bonds is 5. The van der Waals surface area contributed by atoms with Gasteiger partial charge in [0.05, 0.1) is 14.2 Å². The van der Waals surface area contributed by atoms with Crippen LogP contribution in [0.4, 0.5) is 0 Å². The number of hydrogen-bond donors (Lipinski definition) is 1. The molecule has 1 aromatic carbocycles. The molecule has 0 saturated heterocycles. The maximum atomic E-state index is 12.1. The summed E-state index contributed by atoms with van der Waals surface area (Å²) in [6.07, 6.45) is 0.451. The van der Waals surface area contributed by atoms with Gasteiger partial charge in [0.2, 0.25) is 5.91 Å². The molecule has 0 aliphatic rings. The van der Waals surface area contributed by atoms with Crippen LogP contribution in [0.5, 0.6) is 5.75 Å². The summed E-state index contributed by atoms with van der Waals surface area (Å²) in [5.74, 6) is 0.336. The van der Waals surface area contributed by atoms with Crippen LogP contribution < -0.4 is 15.8 Å². The lowest BCUT2D eigenvalue weighted by atomic mass is 10.0. The number of benzene rings is 1. The van der Waals surface area contributed by atoms with Crippen molar-refractivity contribution in [1.29, 1.82) is 0 Å². The molecular formula is C15H17NO5. The molecule has 112 valence electrons. The molecule has 21 heavy (non-hydrogen) atoms. The molecule has 1 N–H and O–H groups in total. The Bertz CT molecular complexity index is 720. The van der Waals surface area contributed by atoms with Crippen LogP contribution in [0, 0.1) is 6.92 Å². The molecule has 0 fully saturated rings. The van der Waals surface area contributed by atoms with E-state index in [4.69, 9.17) is 9.15 Å². The maximum absolute atomic E-state index is 12.1. The first-order valence-electron chi connectivity index (χ1n) is 6.49. The number of carbonyl (C=O) groups excluding carboxylic acids is 1. The van der Waals surface area contributed by atoms with Crippen molar-refractivity contribution in [2.24, 2.45) is 0 Å². The summed E-state index contributed by atoms with van der Waals surface area (Å²) in [6, 6.07) is 5.31. The minimum atomic E-state index is -0.432. The summed E-state index contributed by atoms with van der Waals surface area (Å²) in [7, 11) is 2.91. The zero-order chi connectivity index (χ0) is 15.4. The number of fused-ring (bicyclic) bond motifs is 1. The van der Waals surface area contributed by atoms with E-state index in [9.17, 15) is 9.59 Å². The average molecular weight is 291 g/mol. The van der Waals surface area contributed by atoms with Gasteiger partial charge in [-0.3, -0.25) is 9.63 Å². The monoisotopic (exact) mass is 291 g/mol. The molecule has 0 spiro atoms. The maximum Gasteiger partial charge on any atom is 0.339 e. The molecule has 0 aliphatic carbocycles. The largest absolute Gasteiger partial charge is 0.497 e. The molecule has 0 atom stereocenters. The number of methoxy groups -OCH3 is 1. The van der Waals surface area contributed by atoms with Gasteiger partial charge in [-0.05, 0) is 31.0 Å². The van der Waals surface area contributed by atoms with Gasteiger partial charge in [-0.1, -0.05) is 0 Å². The molecular weight excluding hydrogens is 274 g/mol. The summed E-state index contributed by atoms with van der Waals surface area (Å²) in [6.45, 7) is 1.84. The Labute approximate surface area is 121 Å². The SMILES string of the molecule is CONC(=O)CCc1c(C)c2ccc(OC)cc2oc1=O. The van der Waals surface area contributed by atoms with E-state index in [0.717, 1.165) is 10.9 Å². The first kappa shape index (κ1) is 15.1. The van der Waals surface area contributed by atoms with E-state index in [-0.39, 0.29) is 12.3 Å². The molecule has 0 radical (unpaired) electrons. The van der Waals surface area contributed by atoms with E-state index >= 15 is 0 Å². The zero-order valence-electron chi connectivity index (χ0n) is 12.2. The van der Waals surface area contributed by atoms with Gasteiger partial charge >= 0.3 is 5.63 Å². The quantitative estimate of drug-likeness (QED) is 0.670. The van der Waals surface area contributed by atoms with E-state index in [1.54, 1.807) is 19.2 Å². The molecule has 0 bridgehead atoms. The van der Waals surface area contributed by atoms with E-state index in [2.05, 4.69) is 10.3 Å². The minimum Gasteiger partial charge on any atom is -0.497 e. The smallest absolute Gasteiger partial charge is 0.339 e.